The summed E-state index contributed by atoms with van der Waals surface area (Å²) >= 11 is 6.10. The van der Waals surface area contributed by atoms with E-state index in [0.717, 1.165) is 18.4 Å². The number of carboxylic acid groups (broad SMARTS) is 1. The highest BCUT2D eigenvalue weighted by Crippen LogP contribution is 2.36. The Bertz CT molecular complexity index is 584. The molecule has 0 radical (unpaired) electrons. The van der Waals surface area contributed by atoms with Crippen molar-refractivity contribution >= 4 is 23.5 Å². The van der Waals surface area contributed by atoms with Gasteiger partial charge in [0.25, 0.3) is 0 Å². The SMILES string of the molecule is CCCC[C@H](NC(=O)C1(c2cccc(Cl)c2)CCOCC1)C(=O)O. The first-order valence-corrected chi connectivity index (χ1v) is 8.75. The lowest BCUT2D eigenvalue weighted by atomic mass is 9.73. The van der Waals surface area contributed by atoms with Crippen LogP contribution in [-0.4, -0.2) is 36.2 Å². The van der Waals surface area contributed by atoms with E-state index in [2.05, 4.69) is 5.32 Å². The maximum atomic E-state index is 13.0. The average Bonchev–Trinajstić information content (AvgIpc) is 2.58. The van der Waals surface area contributed by atoms with Crippen molar-refractivity contribution in [3.63, 3.8) is 0 Å². The zero-order valence-electron chi connectivity index (χ0n) is 13.9. The Hall–Kier alpha value is -1.59. The van der Waals surface area contributed by atoms with E-state index in [0.29, 0.717) is 37.5 Å². The average molecular weight is 354 g/mol. The van der Waals surface area contributed by atoms with Gasteiger partial charge in [0, 0.05) is 18.2 Å². The number of carbonyl (C=O) groups excluding carboxylic acids is 1. The van der Waals surface area contributed by atoms with Crippen molar-refractivity contribution in [1.29, 1.82) is 0 Å². The van der Waals surface area contributed by atoms with Gasteiger partial charge in [-0.25, -0.2) is 4.79 Å². The first-order chi connectivity index (χ1) is 11.5. The van der Waals surface area contributed by atoms with Crippen LogP contribution >= 0.6 is 11.6 Å². The predicted molar refractivity (Wildman–Crippen MR) is 92.3 cm³/mol. The molecule has 1 aliphatic heterocycles. The van der Waals surface area contributed by atoms with Gasteiger partial charge in [0.2, 0.25) is 5.91 Å². The summed E-state index contributed by atoms with van der Waals surface area (Å²) in [5.41, 5.74) is 0.0266. The largest absolute Gasteiger partial charge is 0.480 e. The molecule has 0 unspecified atom stereocenters. The highest BCUT2D eigenvalue weighted by atomic mass is 35.5. The molecule has 0 aromatic heterocycles. The Morgan fingerprint density at radius 2 is 2.08 bits per heavy atom. The normalized spacial score (nSPS) is 17.9. The molecule has 0 saturated carbocycles. The highest BCUT2D eigenvalue weighted by Gasteiger charge is 2.43. The number of halogens is 1. The van der Waals surface area contributed by atoms with Crippen LogP contribution in [0.15, 0.2) is 24.3 Å². The topological polar surface area (TPSA) is 75.6 Å². The van der Waals surface area contributed by atoms with Crippen molar-refractivity contribution in [3.8, 4) is 0 Å². The first-order valence-electron chi connectivity index (χ1n) is 8.37. The zero-order valence-corrected chi connectivity index (χ0v) is 14.6. The van der Waals surface area contributed by atoms with Gasteiger partial charge in [-0.2, -0.15) is 0 Å². The maximum Gasteiger partial charge on any atom is 0.326 e. The molecule has 5 nitrogen and oxygen atoms in total. The van der Waals surface area contributed by atoms with Crippen molar-refractivity contribution in [2.45, 2.75) is 50.5 Å². The molecule has 1 aliphatic rings. The van der Waals surface area contributed by atoms with E-state index in [1.54, 1.807) is 12.1 Å². The number of carboxylic acids is 1. The molecular formula is C18H24ClNO4. The van der Waals surface area contributed by atoms with Gasteiger partial charge in [0.15, 0.2) is 0 Å². The molecule has 1 aromatic carbocycles. The summed E-state index contributed by atoms with van der Waals surface area (Å²) in [6, 6.07) is 6.37. The molecule has 6 heteroatoms. The van der Waals surface area contributed by atoms with Crippen LogP contribution in [0.3, 0.4) is 0 Å². The Morgan fingerprint density at radius 3 is 2.67 bits per heavy atom. The van der Waals surface area contributed by atoms with E-state index >= 15 is 0 Å². The predicted octanol–water partition coefficient (Wildman–Crippen LogP) is 3.15. The third kappa shape index (κ3) is 4.28. The molecule has 1 aromatic rings. The number of hydrogen-bond acceptors (Lipinski definition) is 3. The van der Waals surface area contributed by atoms with E-state index < -0.39 is 17.4 Å². The second kappa shape index (κ2) is 8.49. The number of nitrogens with one attached hydrogen (secondary N) is 1. The molecule has 1 amide bonds. The fourth-order valence-corrected chi connectivity index (χ4v) is 3.31. The van der Waals surface area contributed by atoms with Crippen molar-refractivity contribution in [2.75, 3.05) is 13.2 Å². The van der Waals surface area contributed by atoms with Crippen LogP contribution in [0.1, 0.15) is 44.6 Å². The fourth-order valence-electron chi connectivity index (χ4n) is 3.11. The highest BCUT2D eigenvalue weighted by molar-refractivity contribution is 6.30. The Labute approximate surface area is 147 Å². The second-order valence-corrected chi connectivity index (χ2v) is 6.65. The van der Waals surface area contributed by atoms with Crippen LogP contribution in [0, 0.1) is 0 Å². The number of unbranched alkanes of at least 4 members (excludes halogenated alkanes) is 1. The summed E-state index contributed by atoms with van der Waals surface area (Å²) in [5.74, 6) is -1.25. The Morgan fingerprint density at radius 1 is 1.38 bits per heavy atom. The molecule has 1 saturated heterocycles. The lowest BCUT2D eigenvalue weighted by Crippen LogP contribution is -2.52. The number of benzene rings is 1. The van der Waals surface area contributed by atoms with E-state index in [4.69, 9.17) is 16.3 Å². The van der Waals surface area contributed by atoms with Crippen LogP contribution in [0.25, 0.3) is 0 Å². The lowest BCUT2D eigenvalue weighted by Gasteiger charge is -2.37. The van der Waals surface area contributed by atoms with Gasteiger partial charge < -0.3 is 15.2 Å². The van der Waals surface area contributed by atoms with Crippen LogP contribution in [0.5, 0.6) is 0 Å². The standard InChI is InChI=1S/C18H24ClNO4/c1-2-3-7-15(16(21)22)20-17(23)18(8-10-24-11-9-18)13-5-4-6-14(19)12-13/h4-6,12,15H,2-3,7-11H2,1H3,(H,20,23)(H,21,22)/t15-/m0/s1. The number of hydrogen-bond donors (Lipinski definition) is 2. The van der Waals surface area contributed by atoms with E-state index in [1.807, 2.05) is 19.1 Å². The molecule has 2 N–H and O–H groups in total. The maximum absolute atomic E-state index is 13.0. The van der Waals surface area contributed by atoms with Crippen molar-refractivity contribution in [2.24, 2.45) is 0 Å². The number of amides is 1. The summed E-state index contributed by atoms with van der Waals surface area (Å²) in [6.07, 6.45) is 3.09. The molecular weight excluding hydrogens is 330 g/mol. The van der Waals surface area contributed by atoms with Gasteiger partial charge in [-0.1, -0.05) is 43.5 Å². The smallest absolute Gasteiger partial charge is 0.326 e. The van der Waals surface area contributed by atoms with Crippen LogP contribution in [0.2, 0.25) is 5.02 Å². The Balaban J connectivity index is 2.26. The quantitative estimate of drug-likeness (QED) is 0.789. The van der Waals surface area contributed by atoms with Gasteiger partial charge in [-0.3, -0.25) is 4.79 Å². The third-order valence-corrected chi connectivity index (χ3v) is 4.84. The van der Waals surface area contributed by atoms with Gasteiger partial charge >= 0.3 is 5.97 Å². The molecule has 24 heavy (non-hydrogen) atoms. The monoisotopic (exact) mass is 353 g/mol. The molecule has 0 aliphatic carbocycles. The van der Waals surface area contributed by atoms with E-state index in [9.17, 15) is 14.7 Å². The van der Waals surface area contributed by atoms with E-state index in [-0.39, 0.29) is 5.91 Å². The second-order valence-electron chi connectivity index (χ2n) is 6.21. The minimum absolute atomic E-state index is 0.253. The molecule has 0 bridgehead atoms. The molecule has 132 valence electrons. The molecule has 0 spiro atoms. The molecule has 1 atom stereocenters. The summed E-state index contributed by atoms with van der Waals surface area (Å²) in [6.45, 7) is 2.92. The summed E-state index contributed by atoms with van der Waals surface area (Å²) < 4.78 is 5.41. The summed E-state index contributed by atoms with van der Waals surface area (Å²) in [5, 5.41) is 12.7. The van der Waals surface area contributed by atoms with Crippen LogP contribution in [-0.2, 0) is 19.7 Å². The minimum atomic E-state index is -0.995. The first kappa shape index (κ1) is 18.7. The fraction of sp³-hybridized carbons (Fsp3) is 0.556. The number of carbonyl (C=O) groups is 2. The van der Waals surface area contributed by atoms with E-state index in [1.165, 1.54) is 0 Å². The number of aliphatic carboxylic acids is 1. The van der Waals surface area contributed by atoms with Gasteiger partial charge in [0.05, 0.1) is 5.41 Å². The van der Waals surface area contributed by atoms with Crippen molar-refractivity contribution in [3.05, 3.63) is 34.9 Å². The summed E-state index contributed by atoms with van der Waals surface area (Å²) in [7, 11) is 0. The van der Waals surface area contributed by atoms with Crippen LogP contribution in [0.4, 0.5) is 0 Å². The van der Waals surface area contributed by atoms with Crippen molar-refractivity contribution < 1.29 is 19.4 Å². The number of rotatable bonds is 7. The lowest BCUT2D eigenvalue weighted by molar-refractivity contribution is -0.144. The number of ether oxygens (including phenoxy) is 1. The van der Waals surface area contributed by atoms with Gasteiger partial charge in [-0.05, 0) is 37.0 Å². The summed E-state index contributed by atoms with van der Waals surface area (Å²) in [4.78, 5) is 24.5. The zero-order chi connectivity index (χ0) is 17.6. The molecule has 1 heterocycles. The van der Waals surface area contributed by atoms with Crippen LogP contribution < -0.4 is 5.32 Å². The molecule has 2 rings (SSSR count). The minimum Gasteiger partial charge on any atom is -0.480 e. The Kier molecular flexibility index (Phi) is 6.63. The van der Waals surface area contributed by atoms with Gasteiger partial charge in [-0.15, -0.1) is 0 Å². The molecule has 1 fully saturated rings. The third-order valence-electron chi connectivity index (χ3n) is 4.61. The van der Waals surface area contributed by atoms with Gasteiger partial charge in [0.1, 0.15) is 6.04 Å². The van der Waals surface area contributed by atoms with Crippen molar-refractivity contribution in [1.82, 2.24) is 5.32 Å².